The number of aliphatic hydroxyl groups excluding tert-OH is 6. The van der Waals surface area contributed by atoms with Gasteiger partial charge in [0.1, 0.15) is 85.0 Å². The zero-order valence-electron chi connectivity index (χ0n) is 58.7. The maximum atomic E-state index is 13.1. The van der Waals surface area contributed by atoms with Crippen LogP contribution in [0.3, 0.4) is 0 Å². The highest BCUT2D eigenvalue weighted by Crippen LogP contribution is 2.71. The summed E-state index contributed by atoms with van der Waals surface area (Å²) in [4.78, 5) is 25.9. The SMILES string of the molecule is CCC(C)C(=O)O[C@@H](C)[C@]1(O)CC[C@]2(O)C3CCC4CC(OC5C[C@H](O)[C@H](OC6C[C@H](OC)[C@H](OC7C[C@@H](OC)[C@H](OC8C[C@@H](OC)[C@H](OC9O[C@H](C)[C@@H](OC%10O[C@H](CO)[C@@H](O)[C@H](O)[C@H]%10O)[C@H](OC)[C@H]9O)[C@@H](C)O8)[C@@H](C)O7)[C@@H](C)O6)[C@@H](C)O5)CC[C@]4(C)C3C[C@@H](OC(C)=O)[C@]12C. The van der Waals surface area contributed by atoms with Gasteiger partial charge in [-0.25, -0.2) is 0 Å². The number of hydrogen-bond donors (Lipinski definition) is 8. The van der Waals surface area contributed by atoms with Gasteiger partial charge in [-0.3, -0.25) is 9.59 Å². The molecule has 8 N–H and O–H groups in total. The van der Waals surface area contributed by atoms with E-state index in [0.717, 1.165) is 25.7 Å². The van der Waals surface area contributed by atoms with Gasteiger partial charge in [-0.2, -0.15) is 0 Å². The molecule has 28 heteroatoms. The molecule has 4 saturated carbocycles. The molecule has 37 atom stereocenters. The number of rotatable bonds is 22. The Morgan fingerprint density at radius 2 is 1.04 bits per heavy atom. The normalized spacial score (nSPS) is 51.3. The zero-order valence-corrected chi connectivity index (χ0v) is 58.7. The van der Waals surface area contributed by atoms with Gasteiger partial charge in [0.2, 0.25) is 0 Å². The first-order valence-corrected chi connectivity index (χ1v) is 35.2. The zero-order chi connectivity index (χ0) is 69.8. The fraction of sp³-hybridized carbons (Fsp3) is 0.971. The Kier molecular flexibility index (Phi) is 24.8. The van der Waals surface area contributed by atoms with Gasteiger partial charge in [-0.15, -0.1) is 0 Å². The van der Waals surface area contributed by atoms with Crippen molar-refractivity contribution in [1.82, 2.24) is 0 Å². The predicted molar refractivity (Wildman–Crippen MR) is 332 cm³/mol. The maximum absolute atomic E-state index is 13.1. The number of methoxy groups -OCH3 is 4. The quantitative estimate of drug-likeness (QED) is 0.0570. The number of fused-ring (bicyclic) bond motifs is 5. The molecule has 0 aromatic rings. The third-order valence-corrected chi connectivity index (χ3v) is 24.5. The molecule has 0 spiro atoms. The van der Waals surface area contributed by atoms with Gasteiger partial charge >= 0.3 is 11.9 Å². The van der Waals surface area contributed by atoms with Crippen LogP contribution in [0.25, 0.3) is 0 Å². The highest BCUT2D eigenvalue weighted by molar-refractivity contribution is 5.72. The van der Waals surface area contributed by atoms with Crippen molar-refractivity contribution in [3.05, 3.63) is 0 Å². The fourth-order valence-electron chi connectivity index (χ4n) is 18.5. The van der Waals surface area contributed by atoms with Crippen molar-refractivity contribution in [2.24, 2.45) is 34.5 Å². The van der Waals surface area contributed by atoms with Gasteiger partial charge in [-0.1, -0.05) is 27.7 Å². The molecule has 10 fully saturated rings. The van der Waals surface area contributed by atoms with Crippen LogP contribution in [0, 0.1) is 34.5 Å². The summed E-state index contributed by atoms with van der Waals surface area (Å²) >= 11 is 0. The largest absolute Gasteiger partial charge is 0.462 e. The summed E-state index contributed by atoms with van der Waals surface area (Å²) in [5.74, 6) is -1.24. The van der Waals surface area contributed by atoms with E-state index in [1.54, 1.807) is 41.9 Å². The Morgan fingerprint density at radius 1 is 0.531 bits per heavy atom. The summed E-state index contributed by atoms with van der Waals surface area (Å²) in [6.45, 7) is 19.3. The molecular formula is C68H114O28. The average Bonchev–Trinajstić information content (AvgIpc) is 1.40. The van der Waals surface area contributed by atoms with Crippen molar-refractivity contribution in [3.63, 3.8) is 0 Å². The molecule has 11 unspecified atom stereocenters. The Bertz CT molecular complexity index is 2530. The van der Waals surface area contributed by atoms with Gasteiger partial charge in [-0.05, 0) is 122 Å². The predicted octanol–water partition coefficient (Wildman–Crippen LogP) is 2.57. The Balaban J connectivity index is 0.683. The van der Waals surface area contributed by atoms with Crippen LogP contribution in [0.1, 0.15) is 160 Å². The number of esters is 2. The molecule has 96 heavy (non-hydrogen) atoms. The molecule has 4 aliphatic carbocycles. The van der Waals surface area contributed by atoms with Gasteiger partial charge < -0.3 is 126 Å². The lowest BCUT2D eigenvalue weighted by Crippen LogP contribution is -2.72. The summed E-state index contributed by atoms with van der Waals surface area (Å²) in [6, 6.07) is 0. The van der Waals surface area contributed by atoms with Gasteiger partial charge in [0, 0.05) is 61.0 Å². The van der Waals surface area contributed by atoms with E-state index in [4.69, 9.17) is 85.3 Å². The molecule has 0 bridgehead atoms. The van der Waals surface area contributed by atoms with E-state index < -0.39 is 207 Å². The van der Waals surface area contributed by atoms with E-state index in [9.17, 15) is 50.4 Å². The van der Waals surface area contributed by atoms with Crippen LogP contribution >= 0.6 is 0 Å². The molecule has 0 amide bonds. The van der Waals surface area contributed by atoms with Crippen molar-refractivity contribution in [2.75, 3.05) is 35.0 Å². The summed E-state index contributed by atoms with van der Waals surface area (Å²) < 4.78 is 112. The van der Waals surface area contributed by atoms with Crippen LogP contribution < -0.4 is 0 Å². The van der Waals surface area contributed by atoms with Gasteiger partial charge in [0.05, 0.1) is 84.6 Å². The lowest BCUT2D eigenvalue weighted by atomic mass is 9.42. The molecule has 0 aromatic heterocycles. The molecule has 554 valence electrons. The average molecular weight is 1380 g/mol. The lowest BCUT2D eigenvalue weighted by molar-refractivity contribution is -0.374. The lowest BCUT2D eigenvalue weighted by Gasteiger charge is -2.66. The number of ether oxygens (including phenoxy) is 18. The Hall–Kier alpha value is -2.02. The number of carbonyl (C=O) groups excluding carboxylic acids is 2. The van der Waals surface area contributed by atoms with Crippen LogP contribution in [-0.4, -0.2) is 277 Å². The first-order valence-electron chi connectivity index (χ1n) is 35.2. The van der Waals surface area contributed by atoms with Crippen molar-refractivity contribution in [2.45, 2.75) is 349 Å². The molecule has 0 radical (unpaired) electrons. The number of carbonyl (C=O) groups is 2. The summed E-state index contributed by atoms with van der Waals surface area (Å²) in [5.41, 5.74) is -4.57. The maximum Gasteiger partial charge on any atom is 0.309 e. The number of hydrogen-bond acceptors (Lipinski definition) is 28. The summed E-state index contributed by atoms with van der Waals surface area (Å²) in [6.07, 6.45) is -19.5. The summed E-state index contributed by atoms with van der Waals surface area (Å²) in [7, 11) is 6.08. The second-order valence-electron chi connectivity index (χ2n) is 29.8. The second-order valence-corrected chi connectivity index (χ2v) is 29.8. The first kappa shape index (κ1) is 76.6. The van der Waals surface area contributed by atoms with Crippen LogP contribution in [-0.2, 0) is 94.9 Å². The van der Waals surface area contributed by atoms with Crippen molar-refractivity contribution in [1.29, 1.82) is 0 Å². The van der Waals surface area contributed by atoms with E-state index >= 15 is 0 Å². The first-order chi connectivity index (χ1) is 45.4. The van der Waals surface area contributed by atoms with E-state index in [-0.39, 0.29) is 73.7 Å². The van der Waals surface area contributed by atoms with Crippen LogP contribution in [0.2, 0.25) is 0 Å². The Labute approximate surface area is 564 Å². The molecule has 10 rings (SSSR count). The standard InChI is InChI=1S/C68H114O28/c1-16-30(2)62(76)88-36(8)67(77)21-22-68(78)40-18-17-38-23-39(19-20-65(38,10)41(40)24-47(66(67,68)11)89-37(9)70)90-48-25-42(71)56(31(3)83-48)92-49-26-43(79-12)57(32(4)84-49)93-50-27-44(80-13)58(33(5)85-50)94-51-28-45(81-14)59(34(6)86-51)95-64-55(75)61(82-15)60(35(7)87-64)96-63-54(74)53(73)52(72)46(29-69)91-63/h30-36,38-61,63-64,69,71-75,77-78H,16-29H2,1-15H3/t30?,31-,32-,33-,34-,35-,36+,38?,39?,40?,41?,42+,43+,44-,45-,46-,47-,48?,49?,50?,51?,52-,53+,54-,55-,56-,57-,58-,59-,60-,61-,63?,64?,65+,66-,67-,68+/m1/s1. The van der Waals surface area contributed by atoms with Crippen LogP contribution in [0.15, 0.2) is 0 Å². The Morgan fingerprint density at radius 3 is 1.56 bits per heavy atom. The second kappa shape index (κ2) is 31.1. The van der Waals surface area contributed by atoms with E-state index in [2.05, 4.69) is 6.92 Å². The van der Waals surface area contributed by atoms with E-state index in [1.807, 2.05) is 34.6 Å². The van der Waals surface area contributed by atoms with E-state index in [1.165, 1.54) is 21.1 Å². The molecule has 6 heterocycles. The van der Waals surface area contributed by atoms with Gasteiger partial charge in [0.15, 0.2) is 37.7 Å². The third-order valence-electron chi connectivity index (χ3n) is 24.5. The monoisotopic (exact) mass is 1380 g/mol. The van der Waals surface area contributed by atoms with Crippen molar-refractivity contribution in [3.8, 4) is 0 Å². The molecule has 6 aliphatic heterocycles. The minimum Gasteiger partial charge on any atom is -0.462 e. The minimum absolute atomic E-state index is 0.0194. The topological polar surface area (TPSA) is 362 Å². The van der Waals surface area contributed by atoms with Crippen LogP contribution in [0.4, 0.5) is 0 Å². The third kappa shape index (κ3) is 14.6. The highest BCUT2D eigenvalue weighted by atomic mass is 16.8. The molecule has 28 nitrogen and oxygen atoms in total. The number of aliphatic hydroxyl groups is 8. The van der Waals surface area contributed by atoms with E-state index in [0.29, 0.717) is 19.3 Å². The summed E-state index contributed by atoms with van der Waals surface area (Å²) in [5, 5.41) is 90.1. The van der Waals surface area contributed by atoms with Crippen molar-refractivity contribution >= 4 is 11.9 Å². The minimum atomic E-state index is -1.68. The highest BCUT2D eigenvalue weighted by Gasteiger charge is 2.77. The smallest absolute Gasteiger partial charge is 0.309 e. The van der Waals surface area contributed by atoms with Crippen molar-refractivity contribution < 1.29 is 136 Å². The molecule has 10 aliphatic rings. The van der Waals surface area contributed by atoms with Crippen LogP contribution in [0.5, 0.6) is 0 Å². The van der Waals surface area contributed by atoms with Gasteiger partial charge in [0.25, 0.3) is 0 Å². The molecular weight excluding hydrogens is 1260 g/mol. The molecule has 0 aromatic carbocycles. The fourth-order valence-corrected chi connectivity index (χ4v) is 18.5. The molecule has 6 saturated heterocycles.